The minimum atomic E-state index is -0.937. The molecular formula is C26H26Cl2FN3O6. The van der Waals surface area contributed by atoms with Crippen molar-refractivity contribution in [3.8, 4) is 0 Å². The molecular weight excluding hydrogens is 540 g/mol. The third-order valence-electron chi connectivity index (χ3n) is 5.99. The third kappa shape index (κ3) is 6.82. The van der Waals surface area contributed by atoms with Crippen LogP contribution in [0.3, 0.4) is 0 Å². The first kappa shape index (κ1) is 27.8. The first-order chi connectivity index (χ1) is 18.2. The van der Waals surface area contributed by atoms with Crippen LogP contribution in [0.15, 0.2) is 42.5 Å². The summed E-state index contributed by atoms with van der Waals surface area (Å²) in [6, 6.07) is 8.97. The summed E-state index contributed by atoms with van der Waals surface area (Å²) in [5.41, 5.74) is 0.896. The Morgan fingerprint density at radius 3 is 2.74 bits per heavy atom. The highest BCUT2D eigenvalue weighted by atomic mass is 35.5. The number of nitrogens with zero attached hydrogens (tertiary/aromatic N) is 2. The number of carbonyl (C=O) groups is 3. The number of hydrogen-bond donors (Lipinski definition) is 1. The van der Waals surface area contributed by atoms with Crippen LogP contribution < -0.4 is 10.2 Å². The van der Waals surface area contributed by atoms with Crippen molar-refractivity contribution >= 4 is 58.6 Å². The van der Waals surface area contributed by atoms with E-state index >= 15 is 0 Å². The van der Waals surface area contributed by atoms with Gasteiger partial charge in [0.25, 0.3) is 5.91 Å². The zero-order chi connectivity index (χ0) is 27.2. The first-order valence-electron chi connectivity index (χ1n) is 12.0. The highest BCUT2D eigenvalue weighted by Crippen LogP contribution is 2.27. The van der Waals surface area contributed by atoms with E-state index in [-0.39, 0.29) is 37.3 Å². The van der Waals surface area contributed by atoms with Crippen molar-refractivity contribution < 1.29 is 33.0 Å². The molecule has 3 amide bonds. The van der Waals surface area contributed by atoms with Crippen LogP contribution in [0.5, 0.6) is 0 Å². The summed E-state index contributed by atoms with van der Waals surface area (Å²) in [5.74, 6) is -1.42. The Morgan fingerprint density at radius 2 is 2.03 bits per heavy atom. The molecule has 0 spiro atoms. The van der Waals surface area contributed by atoms with Gasteiger partial charge in [0, 0.05) is 31.3 Å². The van der Waals surface area contributed by atoms with Crippen molar-refractivity contribution in [2.24, 2.45) is 0 Å². The predicted octanol–water partition coefficient (Wildman–Crippen LogP) is 4.72. The fourth-order valence-corrected chi connectivity index (χ4v) is 4.48. The number of halogens is 3. The molecule has 4 rings (SSSR count). The quantitative estimate of drug-likeness (QED) is 0.488. The summed E-state index contributed by atoms with van der Waals surface area (Å²) < 4.78 is 31.0. The van der Waals surface area contributed by atoms with Gasteiger partial charge in [0.15, 0.2) is 6.23 Å². The molecule has 2 heterocycles. The van der Waals surface area contributed by atoms with Gasteiger partial charge in [0.1, 0.15) is 12.4 Å². The molecule has 0 aliphatic carbocycles. The topological polar surface area (TPSA) is 97.4 Å². The van der Waals surface area contributed by atoms with E-state index in [1.165, 1.54) is 28.0 Å². The van der Waals surface area contributed by atoms with Gasteiger partial charge in [0.2, 0.25) is 5.91 Å². The minimum absolute atomic E-state index is 0.0735. The minimum Gasteiger partial charge on any atom is -0.425 e. The fourth-order valence-electron chi connectivity index (χ4n) is 4.17. The van der Waals surface area contributed by atoms with E-state index < -0.39 is 24.0 Å². The Labute approximate surface area is 229 Å². The molecule has 0 unspecified atom stereocenters. The summed E-state index contributed by atoms with van der Waals surface area (Å²) in [6.07, 6.45) is 0.980. The lowest BCUT2D eigenvalue weighted by atomic mass is 10.2. The molecule has 38 heavy (non-hydrogen) atoms. The molecule has 0 aromatic heterocycles. The van der Waals surface area contributed by atoms with E-state index in [0.717, 1.165) is 6.07 Å². The van der Waals surface area contributed by atoms with Gasteiger partial charge < -0.3 is 24.0 Å². The van der Waals surface area contributed by atoms with Gasteiger partial charge in [-0.25, -0.2) is 9.18 Å². The summed E-state index contributed by atoms with van der Waals surface area (Å²) in [6.45, 7) is 3.05. The van der Waals surface area contributed by atoms with E-state index in [9.17, 15) is 18.8 Å². The Hall–Kier alpha value is -3.18. The highest BCUT2D eigenvalue weighted by molar-refractivity contribution is 6.42. The smallest absolute Gasteiger partial charge is 0.413 e. The van der Waals surface area contributed by atoms with Crippen LogP contribution in [0.1, 0.15) is 18.9 Å². The molecule has 12 heteroatoms. The molecule has 9 nitrogen and oxygen atoms in total. The van der Waals surface area contributed by atoms with Crippen molar-refractivity contribution in [3.05, 3.63) is 63.9 Å². The van der Waals surface area contributed by atoms with Gasteiger partial charge in [-0.1, -0.05) is 29.3 Å². The second-order valence-corrected chi connectivity index (χ2v) is 9.37. The van der Waals surface area contributed by atoms with E-state index in [0.29, 0.717) is 41.1 Å². The van der Waals surface area contributed by atoms with Crippen molar-refractivity contribution in [3.63, 3.8) is 0 Å². The third-order valence-corrected chi connectivity index (χ3v) is 6.73. The number of rotatable bonds is 7. The van der Waals surface area contributed by atoms with Crippen LogP contribution >= 0.6 is 23.2 Å². The number of morpholine rings is 1. The monoisotopic (exact) mass is 565 g/mol. The van der Waals surface area contributed by atoms with Gasteiger partial charge >= 0.3 is 6.09 Å². The first-order valence-corrected chi connectivity index (χ1v) is 12.7. The average molecular weight is 566 g/mol. The van der Waals surface area contributed by atoms with Gasteiger partial charge in [-0.3, -0.25) is 14.9 Å². The van der Waals surface area contributed by atoms with E-state index in [1.54, 1.807) is 24.3 Å². The highest BCUT2D eigenvalue weighted by Gasteiger charge is 2.37. The number of amides is 3. The zero-order valence-electron chi connectivity index (χ0n) is 20.5. The second-order valence-electron chi connectivity index (χ2n) is 8.56. The van der Waals surface area contributed by atoms with Crippen molar-refractivity contribution in [2.45, 2.75) is 25.7 Å². The number of carbonyl (C=O) groups excluding carboxylic acids is 3. The predicted molar refractivity (Wildman–Crippen MR) is 141 cm³/mol. The molecule has 2 aromatic rings. The van der Waals surface area contributed by atoms with E-state index in [2.05, 4.69) is 5.32 Å². The summed E-state index contributed by atoms with van der Waals surface area (Å²) in [5, 5.41) is 3.12. The lowest BCUT2D eigenvalue weighted by molar-refractivity contribution is -0.132. The van der Waals surface area contributed by atoms with Crippen LogP contribution in [0.4, 0.5) is 20.6 Å². The summed E-state index contributed by atoms with van der Waals surface area (Å²) in [7, 11) is 0. The number of likely N-dealkylation sites (tertiary alicyclic amines) is 1. The van der Waals surface area contributed by atoms with Crippen LogP contribution in [-0.4, -0.2) is 68.0 Å². The number of nitrogens with one attached hydrogen (secondary N) is 1. The van der Waals surface area contributed by atoms with Crippen LogP contribution in [0.2, 0.25) is 10.0 Å². The molecule has 1 N–H and O–H groups in total. The number of ether oxygens (including phenoxy) is 3. The van der Waals surface area contributed by atoms with Crippen LogP contribution in [0, 0.1) is 5.82 Å². The number of anilines is 2. The maximum absolute atomic E-state index is 14.7. The van der Waals surface area contributed by atoms with Crippen LogP contribution in [-0.2, 0) is 23.8 Å². The Kier molecular flexibility index (Phi) is 9.22. The lowest BCUT2D eigenvalue weighted by Crippen LogP contribution is -2.41. The Morgan fingerprint density at radius 1 is 1.21 bits per heavy atom. The Balaban J connectivity index is 1.41. The van der Waals surface area contributed by atoms with Crippen molar-refractivity contribution in [1.82, 2.24) is 4.90 Å². The maximum Gasteiger partial charge on any atom is 0.413 e. The molecule has 2 aliphatic heterocycles. The Bertz CT molecular complexity index is 1240. The standard InChI is InChI=1S/C26H26Cl2FN3O6/c1-2-37-18-13-25(32(14-18)23(33)8-4-16-3-6-19(27)20(28)11-16)38-26(35)30-22-7-5-17(12-21(22)29)31-9-10-36-15-24(31)34/h3-8,11-12,18,25H,2,9-10,13-15H2,1H3,(H,30,35)/b8-4+/t18-,25-/m1/s1. The molecule has 2 aromatic carbocycles. The lowest BCUT2D eigenvalue weighted by Gasteiger charge is -2.27. The van der Waals surface area contributed by atoms with Gasteiger partial charge in [0.05, 0.1) is 35.0 Å². The molecule has 2 fully saturated rings. The summed E-state index contributed by atoms with van der Waals surface area (Å²) in [4.78, 5) is 40.4. The van der Waals surface area contributed by atoms with Gasteiger partial charge in [-0.05, 0) is 48.9 Å². The average Bonchev–Trinajstić information content (AvgIpc) is 3.28. The molecule has 0 saturated carbocycles. The molecule has 0 radical (unpaired) electrons. The van der Waals surface area contributed by atoms with E-state index in [1.807, 2.05) is 6.92 Å². The van der Waals surface area contributed by atoms with Crippen LogP contribution in [0.25, 0.3) is 6.08 Å². The second kappa shape index (κ2) is 12.6. The number of benzene rings is 2. The molecule has 2 atom stereocenters. The number of hydrogen-bond acceptors (Lipinski definition) is 6. The van der Waals surface area contributed by atoms with E-state index in [4.69, 9.17) is 37.4 Å². The molecule has 2 aliphatic rings. The normalized spacial score (nSPS) is 19.7. The maximum atomic E-state index is 14.7. The molecule has 2 saturated heterocycles. The van der Waals surface area contributed by atoms with Crippen molar-refractivity contribution in [1.29, 1.82) is 0 Å². The largest absolute Gasteiger partial charge is 0.425 e. The SMILES string of the molecule is CCO[C@@H]1C[C@@H](OC(=O)Nc2ccc(N3CCOCC3=O)cc2F)N(C(=O)/C=C/c2ccc(Cl)c(Cl)c2)C1. The fraction of sp³-hybridized carbons (Fsp3) is 0.346. The zero-order valence-corrected chi connectivity index (χ0v) is 22.0. The molecule has 202 valence electrons. The van der Waals surface area contributed by atoms with Gasteiger partial charge in [-0.2, -0.15) is 0 Å². The summed E-state index contributed by atoms with van der Waals surface area (Å²) >= 11 is 12.0. The van der Waals surface area contributed by atoms with Gasteiger partial charge in [-0.15, -0.1) is 0 Å². The van der Waals surface area contributed by atoms with Crippen molar-refractivity contribution in [2.75, 3.05) is 43.1 Å². The molecule has 0 bridgehead atoms.